The number of amides is 1. The van der Waals surface area contributed by atoms with Crippen molar-refractivity contribution >= 4 is 56.5 Å². The molecule has 1 saturated heterocycles. The van der Waals surface area contributed by atoms with Crippen LogP contribution in [0.15, 0.2) is 12.1 Å². The fourth-order valence-electron chi connectivity index (χ4n) is 2.99. The van der Waals surface area contributed by atoms with E-state index in [2.05, 4.69) is 0 Å². The van der Waals surface area contributed by atoms with E-state index in [0.29, 0.717) is 12.8 Å². The molecule has 0 aromatic heterocycles. The lowest BCUT2D eigenvalue weighted by atomic mass is 10.1. The molecule has 1 aliphatic heterocycles. The number of hydrogen-bond acceptors (Lipinski definition) is 5. The quantitative estimate of drug-likeness (QED) is 0.482. The van der Waals surface area contributed by atoms with Crippen LogP contribution in [0.2, 0.25) is 15.1 Å². The minimum atomic E-state index is -3.16. The second kappa shape index (κ2) is 8.99. The van der Waals surface area contributed by atoms with Crippen LogP contribution in [0.25, 0.3) is 0 Å². The summed E-state index contributed by atoms with van der Waals surface area (Å²) >= 11 is 17.9. The second-order valence-electron chi connectivity index (χ2n) is 6.41. The van der Waals surface area contributed by atoms with Crippen molar-refractivity contribution in [2.75, 3.05) is 18.1 Å². The van der Waals surface area contributed by atoms with Gasteiger partial charge in [-0.15, -0.1) is 0 Å². The number of esters is 1. The first-order valence-corrected chi connectivity index (χ1v) is 11.3. The van der Waals surface area contributed by atoms with Crippen molar-refractivity contribution in [1.82, 2.24) is 4.90 Å². The number of carbonyl (C=O) groups is 2. The molecule has 27 heavy (non-hydrogen) atoms. The first-order chi connectivity index (χ1) is 12.6. The van der Waals surface area contributed by atoms with Crippen LogP contribution in [0.4, 0.5) is 0 Å². The summed E-state index contributed by atoms with van der Waals surface area (Å²) in [7, 11) is -3.16. The average molecular weight is 457 g/mol. The van der Waals surface area contributed by atoms with E-state index in [0.717, 1.165) is 0 Å². The van der Waals surface area contributed by atoms with Gasteiger partial charge in [-0.05, 0) is 31.9 Å². The SMILES string of the molecule is CCC(C)N(C(=O)COC(=O)c1c(Cl)ccc(Cl)c1Cl)C1CCS(=O)(=O)C1. The van der Waals surface area contributed by atoms with Gasteiger partial charge in [-0.25, -0.2) is 13.2 Å². The van der Waals surface area contributed by atoms with Crippen molar-refractivity contribution in [2.24, 2.45) is 0 Å². The second-order valence-corrected chi connectivity index (χ2v) is 9.83. The molecule has 0 N–H and O–H groups in total. The van der Waals surface area contributed by atoms with Gasteiger partial charge < -0.3 is 9.64 Å². The average Bonchev–Trinajstić information content (AvgIpc) is 2.96. The normalized spacial score (nSPS) is 19.5. The molecule has 1 amide bonds. The molecule has 1 fully saturated rings. The number of rotatable bonds is 6. The zero-order chi connectivity index (χ0) is 20.4. The number of benzene rings is 1. The number of sulfone groups is 1. The summed E-state index contributed by atoms with van der Waals surface area (Å²) in [6.45, 7) is 3.18. The zero-order valence-electron chi connectivity index (χ0n) is 14.9. The Kier molecular flexibility index (Phi) is 7.41. The summed E-state index contributed by atoms with van der Waals surface area (Å²) in [6.07, 6.45) is 1.01. The number of carbonyl (C=O) groups excluding carboxylic acids is 2. The van der Waals surface area contributed by atoms with Gasteiger partial charge in [0.1, 0.15) is 0 Å². The summed E-state index contributed by atoms with van der Waals surface area (Å²) in [5.41, 5.74) is -0.114. The van der Waals surface area contributed by atoms with E-state index in [1.54, 1.807) is 0 Å². The van der Waals surface area contributed by atoms with Crippen LogP contribution in [0, 0.1) is 0 Å². The smallest absolute Gasteiger partial charge is 0.341 e. The molecule has 0 spiro atoms. The predicted octanol–water partition coefficient (Wildman–Crippen LogP) is 3.62. The minimum absolute atomic E-state index is 0.0470. The maximum Gasteiger partial charge on any atom is 0.341 e. The molecule has 1 aliphatic rings. The van der Waals surface area contributed by atoms with Gasteiger partial charge in [-0.3, -0.25) is 4.79 Å². The Morgan fingerprint density at radius 3 is 2.44 bits per heavy atom. The first-order valence-electron chi connectivity index (χ1n) is 8.39. The Morgan fingerprint density at radius 1 is 1.26 bits per heavy atom. The predicted molar refractivity (Wildman–Crippen MR) is 105 cm³/mol. The summed E-state index contributed by atoms with van der Waals surface area (Å²) in [5, 5.41) is 0.140. The van der Waals surface area contributed by atoms with Crippen LogP contribution in [-0.2, 0) is 19.4 Å². The molecule has 0 aliphatic carbocycles. The summed E-state index contributed by atoms with van der Waals surface area (Å²) in [5.74, 6) is -1.37. The molecule has 10 heteroatoms. The van der Waals surface area contributed by atoms with Crippen molar-refractivity contribution < 1.29 is 22.7 Å². The van der Waals surface area contributed by atoms with Gasteiger partial charge in [-0.2, -0.15) is 0 Å². The third-order valence-corrected chi connectivity index (χ3v) is 7.40. The summed E-state index contributed by atoms with van der Waals surface area (Å²) in [4.78, 5) is 26.5. The van der Waals surface area contributed by atoms with Gasteiger partial charge in [0.15, 0.2) is 16.4 Å². The van der Waals surface area contributed by atoms with Crippen molar-refractivity contribution in [1.29, 1.82) is 0 Å². The Bertz CT molecular complexity index is 843. The molecule has 2 unspecified atom stereocenters. The van der Waals surface area contributed by atoms with E-state index in [4.69, 9.17) is 39.5 Å². The van der Waals surface area contributed by atoms with Crippen molar-refractivity contribution in [3.63, 3.8) is 0 Å². The van der Waals surface area contributed by atoms with E-state index in [1.165, 1.54) is 17.0 Å². The van der Waals surface area contributed by atoms with Crippen LogP contribution in [0.5, 0.6) is 0 Å². The minimum Gasteiger partial charge on any atom is -0.452 e. The fourth-order valence-corrected chi connectivity index (χ4v) is 5.38. The highest BCUT2D eigenvalue weighted by molar-refractivity contribution is 7.91. The van der Waals surface area contributed by atoms with Crippen molar-refractivity contribution in [3.8, 4) is 0 Å². The van der Waals surface area contributed by atoms with Crippen LogP contribution in [-0.4, -0.2) is 55.4 Å². The zero-order valence-corrected chi connectivity index (χ0v) is 18.0. The highest BCUT2D eigenvalue weighted by Crippen LogP contribution is 2.32. The third kappa shape index (κ3) is 5.28. The van der Waals surface area contributed by atoms with E-state index >= 15 is 0 Å². The molecular weight excluding hydrogens is 437 g/mol. The molecule has 1 aromatic rings. The summed E-state index contributed by atoms with van der Waals surface area (Å²) < 4.78 is 28.6. The Labute approximate surface area is 173 Å². The molecule has 1 heterocycles. The molecule has 0 bridgehead atoms. The topological polar surface area (TPSA) is 80.8 Å². The van der Waals surface area contributed by atoms with Crippen molar-refractivity contribution in [2.45, 2.75) is 38.8 Å². The van der Waals surface area contributed by atoms with E-state index in [1.807, 2.05) is 13.8 Å². The molecule has 0 saturated carbocycles. The highest BCUT2D eigenvalue weighted by atomic mass is 35.5. The van der Waals surface area contributed by atoms with E-state index in [-0.39, 0.29) is 38.2 Å². The molecule has 0 radical (unpaired) electrons. The van der Waals surface area contributed by atoms with Crippen LogP contribution in [0.1, 0.15) is 37.0 Å². The van der Waals surface area contributed by atoms with Gasteiger partial charge >= 0.3 is 5.97 Å². The third-order valence-electron chi connectivity index (χ3n) is 4.53. The van der Waals surface area contributed by atoms with Gasteiger partial charge in [0.05, 0.1) is 32.1 Å². The standard InChI is InChI=1S/C17H20Cl3NO5S/c1-3-10(2)21(11-6-7-27(24,25)9-11)14(22)8-26-17(23)15-12(18)4-5-13(19)16(15)20/h4-5,10-11H,3,6-9H2,1-2H3. The van der Waals surface area contributed by atoms with E-state index < -0.39 is 34.4 Å². The maximum absolute atomic E-state index is 12.7. The number of ether oxygens (including phenoxy) is 1. The van der Waals surface area contributed by atoms with Crippen LogP contribution >= 0.6 is 34.8 Å². The highest BCUT2D eigenvalue weighted by Gasteiger charge is 2.37. The maximum atomic E-state index is 12.7. The molecular formula is C17H20Cl3NO5S. The van der Waals surface area contributed by atoms with Gasteiger partial charge in [-0.1, -0.05) is 41.7 Å². The molecule has 2 atom stereocenters. The van der Waals surface area contributed by atoms with Crippen LogP contribution < -0.4 is 0 Å². The molecule has 2 rings (SSSR count). The van der Waals surface area contributed by atoms with Crippen LogP contribution in [0.3, 0.4) is 0 Å². The molecule has 150 valence electrons. The number of nitrogens with zero attached hydrogens (tertiary/aromatic N) is 1. The monoisotopic (exact) mass is 455 g/mol. The van der Waals surface area contributed by atoms with Gasteiger partial charge in [0, 0.05) is 12.1 Å². The number of halogens is 3. The van der Waals surface area contributed by atoms with Gasteiger partial charge in [0.2, 0.25) is 0 Å². The first kappa shape index (κ1) is 22.3. The fraction of sp³-hybridized carbons (Fsp3) is 0.529. The van der Waals surface area contributed by atoms with Gasteiger partial charge in [0.25, 0.3) is 5.91 Å². The summed E-state index contributed by atoms with van der Waals surface area (Å²) in [6, 6.07) is 2.24. The van der Waals surface area contributed by atoms with Crippen molar-refractivity contribution in [3.05, 3.63) is 32.8 Å². The molecule has 1 aromatic carbocycles. The lowest BCUT2D eigenvalue weighted by Gasteiger charge is -2.33. The Balaban J connectivity index is 2.12. The Morgan fingerprint density at radius 2 is 1.89 bits per heavy atom. The largest absolute Gasteiger partial charge is 0.452 e. The van der Waals surface area contributed by atoms with E-state index in [9.17, 15) is 18.0 Å². The number of hydrogen-bond donors (Lipinski definition) is 0. The lowest BCUT2D eigenvalue weighted by molar-refractivity contribution is -0.138. The molecule has 6 nitrogen and oxygen atoms in total. The lowest BCUT2D eigenvalue weighted by Crippen LogP contribution is -2.48. The Hall–Kier alpha value is -1.02.